The molecule has 0 spiro atoms. The zero-order chi connectivity index (χ0) is 13.6. The van der Waals surface area contributed by atoms with E-state index in [1.54, 1.807) is 0 Å². The summed E-state index contributed by atoms with van der Waals surface area (Å²) in [5.74, 6) is 0.0349. The Kier molecular flexibility index (Phi) is 5.35. The molecule has 0 aliphatic carbocycles. The maximum absolute atomic E-state index is 11.6. The lowest BCUT2D eigenvalue weighted by Crippen LogP contribution is -2.44. The summed E-state index contributed by atoms with van der Waals surface area (Å²) in [6, 6.07) is 8.47. The Morgan fingerprint density at radius 2 is 1.67 bits per heavy atom. The van der Waals surface area contributed by atoms with Crippen molar-refractivity contribution in [2.45, 2.75) is 46.2 Å². The van der Waals surface area contributed by atoms with Gasteiger partial charge in [0.2, 0.25) is 5.91 Å². The van der Waals surface area contributed by atoms with Gasteiger partial charge < -0.3 is 10.6 Å². The minimum atomic E-state index is -0.165. The van der Waals surface area contributed by atoms with Crippen LogP contribution < -0.4 is 10.6 Å². The van der Waals surface area contributed by atoms with Crippen LogP contribution in [-0.4, -0.2) is 18.0 Å². The molecule has 18 heavy (non-hydrogen) atoms. The molecule has 1 amide bonds. The lowest BCUT2D eigenvalue weighted by atomic mass is 10.1. The maximum atomic E-state index is 11.6. The van der Waals surface area contributed by atoms with Gasteiger partial charge in [0.05, 0.1) is 6.54 Å². The van der Waals surface area contributed by atoms with E-state index in [4.69, 9.17) is 0 Å². The van der Waals surface area contributed by atoms with Crippen molar-refractivity contribution in [3.05, 3.63) is 35.4 Å². The maximum Gasteiger partial charge on any atom is 0.234 e. The second-order valence-corrected chi connectivity index (χ2v) is 5.57. The smallest absolute Gasteiger partial charge is 0.234 e. The number of carbonyl (C=O) groups excluding carboxylic acids is 1. The third-order valence-corrected chi connectivity index (χ3v) is 2.56. The van der Waals surface area contributed by atoms with Crippen molar-refractivity contribution in [2.24, 2.45) is 0 Å². The van der Waals surface area contributed by atoms with Crippen LogP contribution in [0.1, 0.15) is 38.8 Å². The Labute approximate surface area is 110 Å². The first-order valence-corrected chi connectivity index (χ1v) is 6.50. The second-order valence-electron chi connectivity index (χ2n) is 5.57. The lowest BCUT2D eigenvalue weighted by molar-refractivity contribution is -0.121. The minimum absolute atomic E-state index is 0.0349. The van der Waals surface area contributed by atoms with Gasteiger partial charge in [0.15, 0.2) is 0 Å². The molecule has 0 heterocycles. The Morgan fingerprint density at radius 3 is 2.17 bits per heavy atom. The van der Waals surface area contributed by atoms with Crippen molar-refractivity contribution < 1.29 is 4.79 Å². The zero-order valence-electron chi connectivity index (χ0n) is 11.8. The number of carbonyl (C=O) groups is 1. The van der Waals surface area contributed by atoms with Gasteiger partial charge in [-0.15, -0.1) is 0 Å². The van der Waals surface area contributed by atoms with E-state index in [-0.39, 0.29) is 11.4 Å². The van der Waals surface area contributed by atoms with Crippen LogP contribution in [-0.2, 0) is 17.8 Å². The number of rotatable bonds is 5. The van der Waals surface area contributed by atoms with Crippen molar-refractivity contribution in [1.82, 2.24) is 10.6 Å². The van der Waals surface area contributed by atoms with Crippen molar-refractivity contribution in [3.8, 4) is 0 Å². The molecule has 2 N–H and O–H groups in total. The summed E-state index contributed by atoms with van der Waals surface area (Å²) in [6.45, 7) is 9.16. The number of amides is 1. The molecule has 0 aliphatic rings. The molecular weight excluding hydrogens is 224 g/mol. The molecule has 1 aromatic rings. The molecule has 0 fully saturated rings. The molecule has 0 radical (unpaired) electrons. The normalized spacial score (nSPS) is 11.3. The number of nitrogens with one attached hydrogen (secondary N) is 2. The third-order valence-electron chi connectivity index (χ3n) is 2.56. The van der Waals surface area contributed by atoms with E-state index in [0.29, 0.717) is 6.54 Å². The molecule has 1 rings (SSSR count). The Balaban J connectivity index is 2.30. The number of hydrogen-bond acceptors (Lipinski definition) is 2. The van der Waals surface area contributed by atoms with Gasteiger partial charge in [0, 0.05) is 12.1 Å². The molecule has 0 aliphatic heterocycles. The van der Waals surface area contributed by atoms with E-state index < -0.39 is 0 Å². The molecule has 0 unspecified atom stereocenters. The largest absolute Gasteiger partial charge is 0.350 e. The molecule has 0 aromatic heterocycles. The summed E-state index contributed by atoms with van der Waals surface area (Å²) in [7, 11) is 0. The van der Waals surface area contributed by atoms with Crippen LogP contribution in [0.15, 0.2) is 24.3 Å². The van der Waals surface area contributed by atoms with Crippen LogP contribution in [0.3, 0.4) is 0 Å². The topological polar surface area (TPSA) is 41.1 Å². The summed E-state index contributed by atoms with van der Waals surface area (Å²) in [5.41, 5.74) is 2.38. The van der Waals surface area contributed by atoms with Gasteiger partial charge in [0.25, 0.3) is 0 Å². The monoisotopic (exact) mass is 248 g/mol. The fourth-order valence-corrected chi connectivity index (χ4v) is 1.68. The molecule has 0 atom stereocenters. The van der Waals surface area contributed by atoms with Crippen LogP contribution in [0, 0.1) is 0 Å². The van der Waals surface area contributed by atoms with Gasteiger partial charge in [0.1, 0.15) is 0 Å². The van der Waals surface area contributed by atoms with E-state index in [1.165, 1.54) is 11.1 Å². The highest BCUT2D eigenvalue weighted by Gasteiger charge is 2.12. The molecule has 1 aromatic carbocycles. The standard InChI is InChI=1S/C15H24N2O/c1-5-12-6-8-13(9-7-12)10-16-11-14(18)17-15(2,3)4/h6-9,16H,5,10-11H2,1-4H3,(H,17,18). The predicted octanol–water partition coefficient (Wildman–Crippen LogP) is 2.25. The molecule has 100 valence electrons. The molecule has 0 saturated carbocycles. The van der Waals surface area contributed by atoms with Gasteiger partial charge in [-0.1, -0.05) is 31.2 Å². The van der Waals surface area contributed by atoms with Crippen LogP contribution in [0.5, 0.6) is 0 Å². The van der Waals surface area contributed by atoms with E-state index in [0.717, 1.165) is 13.0 Å². The average molecular weight is 248 g/mol. The Hall–Kier alpha value is -1.35. The van der Waals surface area contributed by atoms with E-state index in [9.17, 15) is 4.79 Å². The predicted molar refractivity (Wildman–Crippen MR) is 75.4 cm³/mol. The summed E-state index contributed by atoms with van der Waals surface area (Å²) in [6.07, 6.45) is 1.06. The number of hydrogen-bond donors (Lipinski definition) is 2. The SMILES string of the molecule is CCc1ccc(CNCC(=O)NC(C)(C)C)cc1. The van der Waals surface area contributed by atoms with Crippen LogP contribution in [0.2, 0.25) is 0 Å². The minimum Gasteiger partial charge on any atom is -0.350 e. The quantitative estimate of drug-likeness (QED) is 0.839. The zero-order valence-corrected chi connectivity index (χ0v) is 11.8. The summed E-state index contributed by atoms with van der Waals surface area (Å²) in [5, 5.41) is 6.07. The summed E-state index contributed by atoms with van der Waals surface area (Å²) in [4.78, 5) is 11.6. The van der Waals surface area contributed by atoms with Gasteiger partial charge in [-0.2, -0.15) is 0 Å². The second kappa shape index (κ2) is 6.55. The van der Waals surface area contributed by atoms with Gasteiger partial charge in [-0.3, -0.25) is 4.79 Å². The molecule has 0 saturated heterocycles. The first kappa shape index (κ1) is 14.7. The van der Waals surface area contributed by atoms with E-state index in [2.05, 4.69) is 41.8 Å². The van der Waals surface area contributed by atoms with E-state index >= 15 is 0 Å². The van der Waals surface area contributed by atoms with Crippen LogP contribution in [0.25, 0.3) is 0 Å². The highest BCUT2D eigenvalue weighted by molar-refractivity contribution is 5.78. The summed E-state index contributed by atoms with van der Waals surface area (Å²) < 4.78 is 0. The van der Waals surface area contributed by atoms with Crippen molar-refractivity contribution in [2.75, 3.05) is 6.54 Å². The van der Waals surface area contributed by atoms with Gasteiger partial charge >= 0.3 is 0 Å². The molecule has 3 nitrogen and oxygen atoms in total. The van der Waals surface area contributed by atoms with Crippen molar-refractivity contribution >= 4 is 5.91 Å². The average Bonchev–Trinajstić information content (AvgIpc) is 2.27. The van der Waals surface area contributed by atoms with Crippen LogP contribution in [0.4, 0.5) is 0 Å². The Bertz CT molecular complexity index is 376. The first-order valence-electron chi connectivity index (χ1n) is 6.50. The van der Waals surface area contributed by atoms with Gasteiger partial charge in [-0.25, -0.2) is 0 Å². The molecular formula is C15H24N2O. The first-order chi connectivity index (χ1) is 8.40. The third kappa shape index (κ3) is 5.82. The van der Waals surface area contributed by atoms with Crippen molar-refractivity contribution in [1.29, 1.82) is 0 Å². The molecule has 0 bridgehead atoms. The number of benzene rings is 1. The van der Waals surface area contributed by atoms with Crippen molar-refractivity contribution in [3.63, 3.8) is 0 Å². The fraction of sp³-hybridized carbons (Fsp3) is 0.533. The van der Waals surface area contributed by atoms with E-state index in [1.807, 2.05) is 20.8 Å². The molecule has 3 heteroatoms. The van der Waals surface area contributed by atoms with Gasteiger partial charge in [-0.05, 0) is 38.3 Å². The lowest BCUT2D eigenvalue weighted by Gasteiger charge is -2.20. The highest BCUT2D eigenvalue weighted by atomic mass is 16.2. The number of aryl methyl sites for hydroxylation is 1. The summed E-state index contributed by atoms with van der Waals surface area (Å²) >= 11 is 0. The fourth-order valence-electron chi connectivity index (χ4n) is 1.68. The Morgan fingerprint density at radius 1 is 1.11 bits per heavy atom. The van der Waals surface area contributed by atoms with Crippen LogP contribution >= 0.6 is 0 Å². The highest BCUT2D eigenvalue weighted by Crippen LogP contribution is 2.04.